The molecule has 2 rings (SSSR count). The second-order valence-electron chi connectivity index (χ2n) is 4.04. The fraction of sp³-hybridized carbons (Fsp3) is 0.385. The van der Waals surface area contributed by atoms with Crippen molar-refractivity contribution in [3.05, 3.63) is 39.5 Å². The van der Waals surface area contributed by atoms with Crippen molar-refractivity contribution in [1.29, 1.82) is 0 Å². The van der Waals surface area contributed by atoms with Gasteiger partial charge in [0, 0.05) is 17.5 Å². The van der Waals surface area contributed by atoms with Gasteiger partial charge in [-0.1, -0.05) is 13.3 Å². The summed E-state index contributed by atoms with van der Waals surface area (Å²) in [7, 11) is 0. The lowest BCUT2D eigenvalue weighted by atomic mass is 10.3. The van der Waals surface area contributed by atoms with Crippen molar-refractivity contribution in [2.75, 3.05) is 0 Å². The zero-order valence-electron chi connectivity index (χ0n) is 10.1. The molecular formula is C13H16N2OS. The Kier molecular flexibility index (Phi) is 3.74. The van der Waals surface area contributed by atoms with Crippen LogP contribution in [-0.2, 0) is 6.54 Å². The van der Waals surface area contributed by atoms with Crippen LogP contribution in [0.4, 0.5) is 0 Å². The average Bonchev–Trinajstić information content (AvgIpc) is 2.75. The van der Waals surface area contributed by atoms with E-state index in [0.29, 0.717) is 6.54 Å². The number of thiophene rings is 1. The van der Waals surface area contributed by atoms with E-state index in [1.54, 1.807) is 28.2 Å². The summed E-state index contributed by atoms with van der Waals surface area (Å²) in [6, 6.07) is 7.53. The zero-order chi connectivity index (χ0) is 12.3. The van der Waals surface area contributed by atoms with Crippen LogP contribution in [0.1, 0.15) is 24.6 Å². The molecule has 0 aliphatic carbocycles. The van der Waals surface area contributed by atoms with Crippen molar-refractivity contribution in [1.82, 2.24) is 9.78 Å². The molecule has 0 aliphatic rings. The lowest BCUT2D eigenvalue weighted by molar-refractivity contribution is 0.545. The molecule has 0 aliphatic heterocycles. The second kappa shape index (κ2) is 5.27. The van der Waals surface area contributed by atoms with Crippen LogP contribution in [0.15, 0.2) is 29.1 Å². The van der Waals surface area contributed by atoms with Gasteiger partial charge in [-0.05, 0) is 31.5 Å². The Morgan fingerprint density at radius 3 is 2.76 bits per heavy atom. The van der Waals surface area contributed by atoms with Gasteiger partial charge in [0.05, 0.1) is 4.88 Å². The number of aryl methyl sites for hydroxylation is 2. The van der Waals surface area contributed by atoms with Crippen LogP contribution in [0.5, 0.6) is 0 Å². The predicted octanol–water partition coefficient (Wildman–Crippen LogP) is 3.08. The molecule has 3 nitrogen and oxygen atoms in total. The summed E-state index contributed by atoms with van der Waals surface area (Å²) in [5.74, 6) is 0. The van der Waals surface area contributed by atoms with Gasteiger partial charge in [0.1, 0.15) is 5.69 Å². The molecule has 0 radical (unpaired) electrons. The van der Waals surface area contributed by atoms with Crippen LogP contribution in [0.25, 0.3) is 10.6 Å². The predicted molar refractivity (Wildman–Crippen MR) is 71.5 cm³/mol. The Hall–Kier alpha value is -1.42. The topological polar surface area (TPSA) is 34.9 Å². The highest BCUT2D eigenvalue weighted by Gasteiger charge is 2.04. The Morgan fingerprint density at radius 2 is 2.12 bits per heavy atom. The van der Waals surface area contributed by atoms with E-state index in [1.165, 1.54) is 4.88 Å². The Labute approximate surface area is 105 Å². The van der Waals surface area contributed by atoms with Gasteiger partial charge in [-0.15, -0.1) is 11.3 Å². The minimum absolute atomic E-state index is 0.0181. The van der Waals surface area contributed by atoms with Crippen molar-refractivity contribution in [2.45, 2.75) is 33.2 Å². The molecule has 0 fully saturated rings. The summed E-state index contributed by atoms with van der Waals surface area (Å²) in [5.41, 5.74) is 0.870. The number of nitrogens with zero attached hydrogens (tertiary/aromatic N) is 2. The molecule has 0 N–H and O–H groups in total. The maximum atomic E-state index is 11.6. The van der Waals surface area contributed by atoms with E-state index in [4.69, 9.17) is 0 Å². The molecule has 0 saturated carbocycles. The van der Waals surface area contributed by atoms with E-state index in [0.717, 1.165) is 23.4 Å². The summed E-state index contributed by atoms with van der Waals surface area (Å²) in [4.78, 5) is 14.0. The van der Waals surface area contributed by atoms with Gasteiger partial charge in [0.15, 0.2) is 0 Å². The molecule has 4 heteroatoms. The van der Waals surface area contributed by atoms with Gasteiger partial charge in [-0.25, -0.2) is 4.68 Å². The minimum atomic E-state index is -0.0181. The first-order valence-electron chi connectivity index (χ1n) is 5.85. The Balaban J connectivity index is 2.33. The smallest absolute Gasteiger partial charge is 0.266 e. The van der Waals surface area contributed by atoms with E-state index in [1.807, 2.05) is 0 Å². The Bertz CT molecular complexity index is 557. The third-order valence-corrected chi connectivity index (χ3v) is 3.61. The van der Waals surface area contributed by atoms with Gasteiger partial charge < -0.3 is 0 Å². The molecule has 0 spiro atoms. The van der Waals surface area contributed by atoms with E-state index >= 15 is 0 Å². The number of rotatable bonds is 4. The molecule has 0 aromatic carbocycles. The second-order valence-corrected chi connectivity index (χ2v) is 5.33. The molecule has 2 heterocycles. The van der Waals surface area contributed by atoms with Crippen molar-refractivity contribution in [3.8, 4) is 10.6 Å². The highest BCUT2D eigenvalue weighted by atomic mass is 32.1. The van der Waals surface area contributed by atoms with Crippen LogP contribution >= 0.6 is 11.3 Å². The quantitative estimate of drug-likeness (QED) is 0.833. The van der Waals surface area contributed by atoms with Crippen LogP contribution in [0, 0.1) is 6.92 Å². The summed E-state index contributed by atoms with van der Waals surface area (Å²) in [6.45, 7) is 4.88. The summed E-state index contributed by atoms with van der Waals surface area (Å²) >= 11 is 1.70. The molecule has 0 saturated heterocycles. The molecule has 2 aromatic heterocycles. The van der Waals surface area contributed by atoms with E-state index in [-0.39, 0.29) is 5.56 Å². The van der Waals surface area contributed by atoms with Crippen LogP contribution in [-0.4, -0.2) is 9.78 Å². The average molecular weight is 248 g/mol. The maximum absolute atomic E-state index is 11.6. The molecule has 2 aromatic rings. The lowest BCUT2D eigenvalue weighted by Crippen LogP contribution is -2.22. The summed E-state index contributed by atoms with van der Waals surface area (Å²) < 4.78 is 1.56. The first-order chi connectivity index (χ1) is 8.20. The van der Waals surface area contributed by atoms with Gasteiger partial charge in [0.25, 0.3) is 5.56 Å². The van der Waals surface area contributed by atoms with E-state index < -0.39 is 0 Å². The highest BCUT2D eigenvalue weighted by molar-refractivity contribution is 7.15. The summed E-state index contributed by atoms with van der Waals surface area (Å²) in [5, 5.41) is 4.41. The third-order valence-electron chi connectivity index (χ3n) is 2.58. The SMILES string of the molecule is CCCCn1nc(-c2ccc(C)s2)ccc1=O. The normalized spacial score (nSPS) is 10.7. The van der Waals surface area contributed by atoms with Gasteiger partial charge in [0.2, 0.25) is 0 Å². The van der Waals surface area contributed by atoms with Crippen molar-refractivity contribution < 1.29 is 0 Å². The number of aromatic nitrogens is 2. The molecule has 0 atom stereocenters. The molecular weight excluding hydrogens is 232 g/mol. The van der Waals surface area contributed by atoms with Crippen LogP contribution in [0.2, 0.25) is 0 Å². The van der Waals surface area contributed by atoms with Crippen molar-refractivity contribution >= 4 is 11.3 Å². The first-order valence-corrected chi connectivity index (χ1v) is 6.67. The lowest BCUT2D eigenvalue weighted by Gasteiger charge is -2.04. The Morgan fingerprint density at radius 1 is 1.29 bits per heavy atom. The fourth-order valence-electron chi connectivity index (χ4n) is 1.62. The fourth-order valence-corrected chi connectivity index (χ4v) is 2.45. The van der Waals surface area contributed by atoms with Gasteiger partial charge in [-0.3, -0.25) is 4.79 Å². The van der Waals surface area contributed by atoms with E-state index in [9.17, 15) is 4.79 Å². The van der Waals surface area contributed by atoms with Crippen LogP contribution in [0.3, 0.4) is 0 Å². The van der Waals surface area contributed by atoms with Crippen molar-refractivity contribution in [3.63, 3.8) is 0 Å². The van der Waals surface area contributed by atoms with Crippen LogP contribution < -0.4 is 5.56 Å². The van der Waals surface area contributed by atoms with E-state index in [2.05, 4.69) is 31.1 Å². The zero-order valence-corrected chi connectivity index (χ0v) is 11.0. The summed E-state index contributed by atoms with van der Waals surface area (Å²) in [6.07, 6.45) is 2.05. The standard InChI is InChI=1S/C13H16N2OS/c1-3-4-9-15-13(16)8-6-11(14-15)12-7-5-10(2)17-12/h5-8H,3-4,9H2,1-2H3. The molecule has 17 heavy (non-hydrogen) atoms. The minimum Gasteiger partial charge on any atom is -0.268 e. The largest absolute Gasteiger partial charge is 0.268 e. The molecule has 0 bridgehead atoms. The molecule has 90 valence electrons. The first kappa shape index (κ1) is 12.0. The molecule has 0 amide bonds. The van der Waals surface area contributed by atoms with Gasteiger partial charge >= 0.3 is 0 Å². The number of hydrogen-bond donors (Lipinski definition) is 0. The monoisotopic (exact) mass is 248 g/mol. The third kappa shape index (κ3) is 2.82. The van der Waals surface area contributed by atoms with Crippen molar-refractivity contribution in [2.24, 2.45) is 0 Å². The maximum Gasteiger partial charge on any atom is 0.266 e. The highest BCUT2D eigenvalue weighted by Crippen LogP contribution is 2.24. The van der Waals surface area contributed by atoms with Gasteiger partial charge in [-0.2, -0.15) is 5.10 Å². The number of unbranched alkanes of at least 4 members (excludes halogenated alkanes) is 1. The molecule has 0 unspecified atom stereocenters. The number of hydrogen-bond acceptors (Lipinski definition) is 3.